The smallest absolute Gasteiger partial charge is 0.416 e. The summed E-state index contributed by atoms with van der Waals surface area (Å²) >= 11 is 0. The van der Waals surface area contributed by atoms with Gasteiger partial charge in [-0.3, -0.25) is 4.90 Å². The van der Waals surface area contributed by atoms with Gasteiger partial charge in [0.2, 0.25) is 0 Å². The second-order valence-electron chi connectivity index (χ2n) is 12.6. The quantitative estimate of drug-likeness (QED) is 0.255. The van der Waals surface area contributed by atoms with Gasteiger partial charge in [-0.2, -0.15) is 26.3 Å². The molecule has 4 heterocycles. The van der Waals surface area contributed by atoms with Gasteiger partial charge in [0, 0.05) is 43.2 Å². The highest BCUT2D eigenvalue weighted by Crippen LogP contribution is 2.48. The van der Waals surface area contributed by atoms with E-state index in [1.807, 2.05) is 18.2 Å². The molecule has 4 aliphatic rings. The van der Waals surface area contributed by atoms with Gasteiger partial charge in [0.05, 0.1) is 43.9 Å². The molecule has 4 aliphatic heterocycles. The first kappa shape index (κ1) is 34.0. The van der Waals surface area contributed by atoms with E-state index in [-0.39, 0.29) is 48.0 Å². The van der Waals surface area contributed by atoms with Gasteiger partial charge >= 0.3 is 18.4 Å². The van der Waals surface area contributed by atoms with E-state index < -0.39 is 53.4 Å². The zero-order chi connectivity index (χ0) is 32.3. The fourth-order valence-electron chi connectivity index (χ4n) is 7.33. The number of cyclic esters (lactones) is 1. The van der Waals surface area contributed by atoms with Crippen molar-refractivity contribution in [3.63, 3.8) is 0 Å². The zero-order valence-corrected chi connectivity index (χ0v) is 25.3. The van der Waals surface area contributed by atoms with E-state index in [9.17, 15) is 39.9 Å². The molecular formula is C33H31ClF8N2O2. The number of rotatable bonds is 7. The highest BCUT2D eigenvalue weighted by molar-refractivity contribution is 5.71. The molecule has 0 N–H and O–H groups in total. The van der Waals surface area contributed by atoms with Crippen LogP contribution in [0.2, 0.25) is 0 Å². The zero-order valence-electron chi connectivity index (χ0n) is 24.5. The van der Waals surface area contributed by atoms with Gasteiger partial charge in [0.25, 0.3) is 0 Å². The summed E-state index contributed by atoms with van der Waals surface area (Å²) in [5, 5.41) is 0. The van der Waals surface area contributed by atoms with Crippen molar-refractivity contribution in [3.05, 3.63) is 106 Å². The molecule has 0 saturated carbocycles. The van der Waals surface area contributed by atoms with Crippen molar-refractivity contribution in [2.24, 2.45) is 0 Å². The first-order valence-corrected chi connectivity index (χ1v) is 14.7. The lowest BCUT2D eigenvalue weighted by molar-refractivity contribution is -0.944. The molecule has 3 aromatic rings. The molecule has 1 amide bonds. The fraction of sp³-hybridized carbons (Fsp3) is 0.424. The molecule has 0 aromatic heterocycles. The lowest BCUT2D eigenvalue weighted by Crippen LogP contribution is -3.00. The van der Waals surface area contributed by atoms with Crippen molar-refractivity contribution in [1.82, 2.24) is 4.90 Å². The molecule has 4 saturated heterocycles. The van der Waals surface area contributed by atoms with Gasteiger partial charge in [-0.25, -0.2) is 13.6 Å². The average molecular weight is 675 g/mol. The van der Waals surface area contributed by atoms with Crippen molar-refractivity contribution in [2.75, 3.05) is 32.7 Å². The number of quaternary nitrogens is 1. The van der Waals surface area contributed by atoms with Crippen LogP contribution in [-0.2, 0) is 34.7 Å². The van der Waals surface area contributed by atoms with E-state index in [1.54, 1.807) is 0 Å². The number of fused-ring (bicyclic) bond motifs is 3. The fourth-order valence-corrected chi connectivity index (χ4v) is 7.33. The molecule has 0 aliphatic carbocycles. The lowest BCUT2D eigenvalue weighted by Gasteiger charge is -2.55. The monoisotopic (exact) mass is 674 g/mol. The van der Waals surface area contributed by atoms with Crippen LogP contribution < -0.4 is 12.4 Å². The van der Waals surface area contributed by atoms with Gasteiger partial charge in [0.1, 0.15) is 0 Å². The van der Waals surface area contributed by atoms with Gasteiger partial charge in [-0.15, -0.1) is 0 Å². The van der Waals surface area contributed by atoms with E-state index >= 15 is 0 Å². The summed E-state index contributed by atoms with van der Waals surface area (Å²) in [6.07, 6.45) is -7.99. The number of benzene rings is 3. The normalized spacial score (nSPS) is 26.2. The summed E-state index contributed by atoms with van der Waals surface area (Å²) in [5.41, 5.74) is -3.29. The summed E-state index contributed by atoms with van der Waals surface area (Å²) in [5.74, 6) is -2.27. The van der Waals surface area contributed by atoms with E-state index in [0.29, 0.717) is 18.7 Å². The van der Waals surface area contributed by atoms with Crippen molar-refractivity contribution >= 4 is 6.09 Å². The minimum Gasteiger partial charge on any atom is -1.00 e. The summed E-state index contributed by atoms with van der Waals surface area (Å²) in [6.45, 7) is 2.27. The van der Waals surface area contributed by atoms with Crippen LogP contribution in [0.4, 0.5) is 39.9 Å². The minimum atomic E-state index is -5.05. The maximum atomic E-state index is 14.5. The third-order valence-electron chi connectivity index (χ3n) is 10.0. The first-order valence-electron chi connectivity index (χ1n) is 14.7. The third kappa shape index (κ3) is 6.43. The van der Waals surface area contributed by atoms with Crippen molar-refractivity contribution in [2.45, 2.75) is 55.6 Å². The predicted molar refractivity (Wildman–Crippen MR) is 148 cm³/mol. The van der Waals surface area contributed by atoms with Crippen molar-refractivity contribution in [1.29, 1.82) is 0 Å². The van der Waals surface area contributed by atoms with Crippen LogP contribution in [0.5, 0.6) is 0 Å². The van der Waals surface area contributed by atoms with Crippen LogP contribution in [0.1, 0.15) is 53.5 Å². The number of amides is 1. The molecule has 0 spiro atoms. The van der Waals surface area contributed by atoms with Crippen molar-refractivity contribution < 1.29 is 61.5 Å². The van der Waals surface area contributed by atoms with Crippen molar-refractivity contribution in [3.8, 4) is 0 Å². The number of hydrogen-bond donors (Lipinski definition) is 0. The number of carbonyl (C=O) groups is 1. The SMILES string of the molecule is O=C1OC(CC[N+]23CCC(c4ccccc4)(CC2)CC3)(c2ccc(F)c(F)c2)CN1Cc1cc(C(F)(F)F)cc(C(F)(F)F)c1.[Cl-]. The van der Waals surface area contributed by atoms with Gasteiger partial charge in [0.15, 0.2) is 17.2 Å². The minimum absolute atomic E-state index is 0. The number of halogens is 9. The Kier molecular flexibility index (Phi) is 8.87. The van der Waals surface area contributed by atoms with Gasteiger partial charge < -0.3 is 21.6 Å². The standard InChI is InChI=1S/C33H31F8N2O2.ClH/c34-27-7-6-24(19-28(27)35)31(11-15-43-12-8-30(9-13-43,10-14-43)23-4-2-1-3-5-23)21-42(29(44)45-31)20-22-16-25(32(36,37)38)18-26(17-22)33(39,40)41;/h1-7,16-19H,8-15,20-21H2;1H/q+1;/p-1. The maximum absolute atomic E-state index is 14.5. The molecule has 7 rings (SSSR count). The van der Waals surface area contributed by atoms with Crippen LogP contribution in [0.3, 0.4) is 0 Å². The number of ether oxygens (including phenoxy) is 1. The first-order chi connectivity index (χ1) is 21.1. The summed E-state index contributed by atoms with van der Waals surface area (Å²) < 4.78 is 116. The molecular weight excluding hydrogens is 644 g/mol. The summed E-state index contributed by atoms with van der Waals surface area (Å²) in [4.78, 5) is 14.2. The Morgan fingerprint density at radius 2 is 1.35 bits per heavy atom. The molecule has 4 fully saturated rings. The molecule has 46 heavy (non-hydrogen) atoms. The van der Waals surface area contributed by atoms with Gasteiger partial charge in [-0.05, 0) is 41.5 Å². The van der Waals surface area contributed by atoms with E-state index in [4.69, 9.17) is 4.74 Å². The Labute approximate surface area is 266 Å². The Bertz CT molecular complexity index is 1540. The topological polar surface area (TPSA) is 29.5 Å². The molecule has 248 valence electrons. The second-order valence-corrected chi connectivity index (χ2v) is 12.6. The third-order valence-corrected chi connectivity index (χ3v) is 10.0. The Hall–Kier alpha value is -3.38. The highest BCUT2D eigenvalue weighted by Gasteiger charge is 2.53. The predicted octanol–water partition coefficient (Wildman–Crippen LogP) is 5.20. The molecule has 2 bridgehead atoms. The Balaban J connectivity index is 0.00000417. The summed E-state index contributed by atoms with van der Waals surface area (Å²) in [6, 6.07) is 14.7. The summed E-state index contributed by atoms with van der Waals surface area (Å²) in [7, 11) is 0. The molecule has 0 radical (unpaired) electrons. The second kappa shape index (κ2) is 12.0. The van der Waals surface area contributed by atoms with E-state index in [0.717, 1.165) is 60.4 Å². The molecule has 1 atom stereocenters. The molecule has 13 heteroatoms. The molecule has 4 nitrogen and oxygen atoms in total. The largest absolute Gasteiger partial charge is 1.00 e. The lowest BCUT2D eigenvalue weighted by atomic mass is 9.66. The average Bonchev–Trinajstić information content (AvgIpc) is 3.33. The highest BCUT2D eigenvalue weighted by atomic mass is 35.5. The van der Waals surface area contributed by atoms with E-state index in [1.165, 1.54) is 11.6 Å². The molecule has 3 aromatic carbocycles. The van der Waals surface area contributed by atoms with Crippen LogP contribution >= 0.6 is 0 Å². The number of nitrogens with zero attached hydrogens (tertiary/aromatic N) is 2. The Morgan fingerprint density at radius 3 is 1.89 bits per heavy atom. The number of alkyl halides is 6. The van der Waals surface area contributed by atoms with Gasteiger partial charge in [-0.1, -0.05) is 36.4 Å². The van der Waals surface area contributed by atoms with Crippen LogP contribution in [0, 0.1) is 11.6 Å². The van der Waals surface area contributed by atoms with E-state index in [2.05, 4.69) is 12.1 Å². The van der Waals surface area contributed by atoms with Crippen LogP contribution in [0.25, 0.3) is 0 Å². The molecule has 1 unspecified atom stereocenters. The van der Waals surface area contributed by atoms with Crippen LogP contribution in [-0.4, -0.2) is 48.2 Å². The maximum Gasteiger partial charge on any atom is 0.416 e. The number of hydrogen-bond acceptors (Lipinski definition) is 2. The number of piperidine rings is 3. The van der Waals surface area contributed by atoms with Crippen LogP contribution in [0.15, 0.2) is 66.7 Å². The number of carbonyl (C=O) groups excluding carboxylic acids is 1. The Morgan fingerprint density at radius 1 is 0.761 bits per heavy atom.